The molecule has 0 atom stereocenters. The number of nitrogens with two attached hydrogens (primary N) is 1. The van der Waals surface area contributed by atoms with E-state index >= 15 is 0 Å². The standard InChI is InChI=1S/C12H8BrClN4O2/c1-2-3-20-11-7(13)4-6(5-8(11)14)9-10(12(15)19)17-18-16-9/h1,4-5H,3H2,(H2,15,19)(H,16,17,18). The second-order valence-corrected chi connectivity index (χ2v) is 4.91. The number of amides is 1. The fraction of sp³-hybridized carbons (Fsp3) is 0.0833. The van der Waals surface area contributed by atoms with Gasteiger partial charge in [0.15, 0.2) is 11.4 Å². The Bertz CT molecular complexity index is 685. The lowest BCUT2D eigenvalue weighted by molar-refractivity contribution is 0.0996. The average Bonchev–Trinajstić information content (AvgIpc) is 2.87. The number of hydrogen-bond acceptors (Lipinski definition) is 4. The van der Waals surface area contributed by atoms with Gasteiger partial charge in [0, 0.05) is 5.56 Å². The molecule has 1 aromatic heterocycles. The Morgan fingerprint density at radius 2 is 2.30 bits per heavy atom. The summed E-state index contributed by atoms with van der Waals surface area (Å²) in [6.45, 7) is 0.0914. The molecule has 0 fully saturated rings. The summed E-state index contributed by atoms with van der Waals surface area (Å²) >= 11 is 9.44. The van der Waals surface area contributed by atoms with E-state index in [9.17, 15) is 4.79 Å². The van der Waals surface area contributed by atoms with Crippen molar-refractivity contribution in [2.45, 2.75) is 0 Å². The predicted molar refractivity (Wildman–Crippen MR) is 77.4 cm³/mol. The summed E-state index contributed by atoms with van der Waals surface area (Å²) in [5.74, 6) is 2.07. The van der Waals surface area contributed by atoms with Crippen LogP contribution in [0.1, 0.15) is 10.5 Å². The van der Waals surface area contributed by atoms with Crippen LogP contribution in [0.5, 0.6) is 5.75 Å². The summed E-state index contributed by atoms with van der Waals surface area (Å²) in [5.41, 5.74) is 6.12. The number of primary amides is 1. The first kappa shape index (κ1) is 14.4. The van der Waals surface area contributed by atoms with Crippen LogP contribution in [-0.4, -0.2) is 27.9 Å². The molecule has 102 valence electrons. The number of aromatic nitrogens is 3. The van der Waals surface area contributed by atoms with Crippen LogP contribution < -0.4 is 10.5 Å². The summed E-state index contributed by atoms with van der Waals surface area (Å²) < 4.78 is 5.89. The molecule has 20 heavy (non-hydrogen) atoms. The van der Waals surface area contributed by atoms with Gasteiger partial charge in [-0.15, -0.1) is 6.42 Å². The smallest absolute Gasteiger partial charge is 0.271 e. The predicted octanol–water partition coefficient (Wildman–Crippen LogP) is 2.00. The number of halogens is 2. The first-order valence-corrected chi connectivity index (χ1v) is 6.48. The maximum Gasteiger partial charge on any atom is 0.271 e. The number of carbonyl (C=O) groups is 1. The molecule has 8 heteroatoms. The number of terminal acetylenes is 1. The van der Waals surface area contributed by atoms with Crippen molar-refractivity contribution in [3.05, 3.63) is 27.3 Å². The largest absolute Gasteiger partial charge is 0.478 e. The van der Waals surface area contributed by atoms with Crippen LogP contribution in [-0.2, 0) is 0 Å². The van der Waals surface area contributed by atoms with Gasteiger partial charge in [-0.25, -0.2) is 0 Å². The van der Waals surface area contributed by atoms with E-state index < -0.39 is 5.91 Å². The average molecular weight is 356 g/mol. The molecule has 0 radical (unpaired) electrons. The third-order valence-electron chi connectivity index (χ3n) is 2.35. The summed E-state index contributed by atoms with van der Waals surface area (Å²) in [4.78, 5) is 11.2. The molecule has 0 unspecified atom stereocenters. The first-order chi connectivity index (χ1) is 9.54. The van der Waals surface area contributed by atoms with Crippen LogP contribution >= 0.6 is 27.5 Å². The van der Waals surface area contributed by atoms with Crippen molar-refractivity contribution in [2.24, 2.45) is 5.73 Å². The molecule has 1 heterocycles. The van der Waals surface area contributed by atoms with Crippen molar-refractivity contribution in [1.29, 1.82) is 0 Å². The van der Waals surface area contributed by atoms with Crippen LogP contribution in [0.15, 0.2) is 16.6 Å². The lowest BCUT2D eigenvalue weighted by Crippen LogP contribution is -2.12. The zero-order valence-corrected chi connectivity index (χ0v) is 12.3. The number of rotatable bonds is 4. The van der Waals surface area contributed by atoms with Crippen molar-refractivity contribution in [3.8, 4) is 29.4 Å². The molecule has 0 saturated heterocycles. The third kappa shape index (κ3) is 2.76. The SMILES string of the molecule is C#CCOc1c(Cl)cc(-c2n[nH]nc2C(N)=O)cc1Br. The van der Waals surface area contributed by atoms with E-state index in [1.165, 1.54) is 0 Å². The number of nitrogens with one attached hydrogen (secondary N) is 1. The maximum absolute atomic E-state index is 11.2. The first-order valence-electron chi connectivity index (χ1n) is 5.30. The molecule has 2 rings (SSSR count). The van der Waals surface area contributed by atoms with Crippen LogP contribution in [0.3, 0.4) is 0 Å². The number of nitrogens with zero attached hydrogens (tertiary/aromatic N) is 2. The maximum atomic E-state index is 11.2. The minimum atomic E-state index is -0.686. The van der Waals surface area contributed by atoms with Gasteiger partial charge in [0.1, 0.15) is 12.3 Å². The van der Waals surface area contributed by atoms with Gasteiger partial charge in [-0.1, -0.05) is 17.5 Å². The normalized spacial score (nSPS) is 10.1. The van der Waals surface area contributed by atoms with Gasteiger partial charge >= 0.3 is 0 Å². The number of benzene rings is 1. The quantitative estimate of drug-likeness (QED) is 0.820. The molecule has 0 aliphatic rings. The van der Waals surface area contributed by atoms with Gasteiger partial charge in [0.25, 0.3) is 5.91 Å². The zero-order valence-electron chi connectivity index (χ0n) is 9.98. The van der Waals surface area contributed by atoms with Gasteiger partial charge in [0.05, 0.1) is 9.50 Å². The topological polar surface area (TPSA) is 93.9 Å². The van der Waals surface area contributed by atoms with E-state index in [0.717, 1.165) is 0 Å². The molecule has 0 spiro atoms. The summed E-state index contributed by atoms with van der Waals surface area (Å²) in [6.07, 6.45) is 5.13. The molecule has 1 amide bonds. The van der Waals surface area contributed by atoms with E-state index in [-0.39, 0.29) is 12.3 Å². The zero-order chi connectivity index (χ0) is 14.7. The highest BCUT2D eigenvalue weighted by Gasteiger charge is 2.18. The highest BCUT2D eigenvalue weighted by molar-refractivity contribution is 9.10. The monoisotopic (exact) mass is 354 g/mol. The molecule has 3 N–H and O–H groups in total. The number of H-pyrrole nitrogens is 1. The van der Waals surface area contributed by atoms with Gasteiger partial charge in [-0.2, -0.15) is 15.4 Å². The Balaban J connectivity index is 2.47. The van der Waals surface area contributed by atoms with E-state index in [1.807, 2.05) is 0 Å². The Morgan fingerprint density at radius 3 is 2.90 bits per heavy atom. The Morgan fingerprint density at radius 1 is 1.55 bits per heavy atom. The van der Waals surface area contributed by atoms with Crippen LogP contribution in [0, 0.1) is 12.3 Å². The fourth-order valence-electron chi connectivity index (χ4n) is 1.55. The van der Waals surface area contributed by atoms with Gasteiger partial charge < -0.3 is 10.5 Å². The van der Waals surface area contributed by atoms with E-state index in [1.54, 1.807) is 12.1 Å². The van der Waals surface area contributed by atoms with Crippen molar-refractivity contribution in [3.63, 3.8) is 0 Å². The number of aromatic amines is 1. The Kier molecular flexibility index (Phi) is 4.27. The summed E-state index contributed by atoms with van der Waals surface area (Å²) in [6, 6.07) is 3.27. The number of carbonyl (C=O) groups excluding carboxylic acids is 1. The summed E-state index contributed by atoms with van der Waals surface area (Å²) in [7, 11) is 0. The van der Waals surface area contributed by atoms with Crippen molar-refractivity contribution in [2.75, 3.05) is 6.61 Å². The van der Waals surface area contributed by atoms with E-state index in [0.29, 0.717) is 26.5 Å². The second-order valence-electron chi connectivity index (χ2n) is 3.65. The molecule has 2 aromatic rings. The molecule has 1 aromatic carbocycles. The van der Waals surface area contributed by atoms with Crippen molar-refractivity contribution in [1.82, 2.24) is 15.4 Å². The number of hydrogen-bond donors (Lipinski definition) is 2. The minimum Gasteiger partial charge on any atom is -0.478 e. The minimum absolute atomic E-state index is 0.0326. The van der Waals surface area contributed by atoms with Gasteiger partial charge in [-0.05, 0) is 28.1 Å². The molecular weight excluding hydrogens is 348 g/mol. The van der Waals surface area contributed by atoms with E-state index in [4.69, 9.17) is 28.5 Å². The van der Waals surface area contributed by atoms with E-state index in [2.05, 4.69) is 37.3 Å². The summed E-state index contributed by atoms with van der Waals surface area (Å²) in [5, 5.41) is 10.3. The molecule has 0 bridgehead atoms. The molecular formula is C12H8BrClN4O2. The van der Waals surface area contributed by atoms with Crippen LogP contribution in [0.2, 0.25) is 5.02 Å². The lowest BCUT2D eigenvalue weighted by Gasteiger charge is -2.09. The van der Waals surface area contributed by atoms with Gasteiger partial charge in [-0.3, -0.25) is 4.79 Å². The van der Waals surface area contributed by atoms with Crippen LogP contribution in [0.4, 0.5) is 0 Å². The lowest BCUT2D eigenvalue weighted by atomic mass is 10.1. The molecule has 0 saturated carbocycles. The van der Waals surface area contributed by atoms with Crippen molar-refractivity contribution >= 4 is 33.4 Å². The van der Waals surface area contributed by atoms with Crippen molar-refractivity contribution < 1.29 is 9.53 Å². The molecule has 0 aliphatic carbocycles. The Labute approximate surface area is 127 Å². The third-order valence-corrected chi connectivity index (χ3v) is 3.22. The van der Waals surface area contributed by atoms with Gasteiger partial charge in [0.2, 0.25) is 0 Å². The highest BCUT2D eigenvalue weighted by atomic mass is 79.9. The molecule has 6 nitrogen and oxygen atoms in total. The Hall–Kier alpha value is -2.04. The fourth-order valence-corrected chi connectivity index (χ4v) is 2.52. The second kappa shape index (κ2) is 5.94. The molecule has 0 aliphatic heterocycles. The number of ether oxygens (including phenoxy) is 1. The van der Waals surface area contributed by atoms with Crippen LogP contribution in [0.25, 0.3) is 11.3 Å². The highest BCUT2D eigenvalue weighted by Crippen LogP contribution is 2.37.